The number of hydrogen-bond acceptors (Lipinski definition) is 2. The van der Waals surface area contributed by atoms with E-state index in [-0.39, 0.29) is 11.3 Å². The van der Waals surface area contributed by atoms with Crippen LogP contribution in [0.25, 0.3) is 0 Å². The van der Waals surface area contributed by atoms with Gasteiger partial charge >= 0.3 is 0 Å². The smallest absolute Gasteiger partial charge is 0.156 e. The number of carbonyl (C=O) groups is 1. The highest BCUT2D eigenvalue weighted by Gasteiger charge is 2.09. The Morgan fingerprint density at radius 2 is 1.82 bits per heavy atom. The fraction of sp³-hybridized carbons (Fsp3) is 0.0714. The number of ether oxygens (including phenoxy) is 1. The second kappa shape index (κ2) is 4.78. The van der Waals surface area contributed by atoms with Crippen LogP contribution in [0.4, 0.5) is 4.39 Å². The van der Waals surface area contributed by atoms with Crippen LogP contribution >= 0.6 is 0 Å². The van der Waals surface area contributed by atoms with Gasteiger partial charge in [-0.25, -0.2) is 4.39 Å². The number of halogens is 1. The summed E-state index contributed by atoms with van der Waals surface area (Å²) in [5, 5.41) is 0. The van der Waals surface area contributed by atoms with Crippen molar-refractivity contribution in [2.75, 3.05) is 0 Å². The topological polar surface area (TPSA) is 26.3 Å². The molecule has 86 valence electrons. The summed E-state index contributed by atoms with van der Waals surface area (Å²) in [6, 6.07) is 11.6. The first-order chi connectivity index (χ1) is 8.20. The lowest BCUT2D eigenvalue weighted by Crippen LogP contribution is -1.93. The van der Waals surface area contributed by atoms with Gasteiger partial charge in [0.1, 0.15) is 17.3 Å². The van der Waals surface area contributed by atoms with Gasteiger partial charge in [0.05, 0.1) is 5.56 Å². The number of aryl methyl sites for hydroxylation is 1. The summed E-state index contributed by atoms with van der Waals surface area (Å²) in [5.41, 5.74) is 1.04. The summed E-state index contributed by atoms with van der Waals surface area (Å²) in [6.45, 7) is 1.96. The lowest BCUT2D eigenvalue weighted by atomic mass is 10.2. The third-order valence-corrected chi connectivity index (χ3v) is 2.38. The second-order valence-electron chi connectivity index (χ2n) is 3.68. The van der Waals surface area contributed by atoms with Gasteiger partial charge in [0.15, 0.2) is 6.29 Å². The zero-order chi connectivity index (χ0) is 12.3. The van der Waals surface area contributed by atoms with Crippen LogP contribution in [-0.4, -0.2) is 6.29 Å². The highest BCUT2D eigenvalue weighted by molar-refractivity contribution is 5.79. The average molecular weight is 230 g/mol. The normalized spacial score (nSPS) is 10.0. The van der Waals surface area contributed by atoms with Crippen LogP contribution in [0.3, 0.4) is 0 Å². The minimum atomic E-state index is -0.579. The molecule has 0 bridgehead atoms. The molecule has 0 saturated carbocycles. The molecule has 0 aliphatic rings. The van der Waals surface area contributed by atoms with E-state index in [1.807, 2.05) is 19.1 Å². The number of aldehydes is 1. The average Bonchev–Trinajstić information content (AvgIpc) is 2.32. The van der Waals surface area contributed by atoms with Gasteiger partial charge in [0.25, 0.3) is 0 Å². The lowest BCUT2D eigenvalue weighted by molar-refractivity contribution is 0.111. The van der Waals surface area contributed by atoms with Crippen LogP contribution in [0.2, 0.25) is 0 Å². The van der Waals surface area contributed by atoms with Crippen molar-refractivity contribution in [3.8, 4) is 11.5 Å². The van der Waals surface area contributed by atoms with Crippen LogP contribution < -0.4 is 4.74 Å². The molecule has 0 unspecified atom stereocenters. The molecule has 0 heterocycles. The molecule has 0 amide bonds. The first-order valence-corrected chi connectivity index (χ1v) is 5.19. The van der Waals surface area contributed by atoms with E-state index in [1.54, 1.807) is 18.2 Å². The van der Waals surface area contributed by atoms with E-state index in [0.29, 0.717) is 12.0 Å². The Labute approximate surface area is 98.7 Å². The summed E-state index contributed by atoms with van der Waals surface area (Å²) in [4.78, 5) is 10.8. The highest BCUT2D eigenvalue weighted by atomic mass is 19.1. The molecule has 0 N–H and O–H groups in total. The van der Waals surface area contributed by atoms with E-state index in [2.05, 4.69) is 0 Å². The van der Waals surface area contributed by atoms with Crippen LogP contribution in [0.15, 0.2) is 42.5 Å². The summed E-state index contributed by atoms with van der Waals surface area (Å²) in [7, 11) is 0. The van der Waals surface area contributed by atoms with Gasteiger partial charge in [-0.05, 0) is 31.2 Å². The summed E-state index contributed by atoms with van der Waals surface area (Å²) in [6.07, 6.45) is 0.457. The Morgan fingerprint density at radius 1 is 1.12 bits per heavy atom. The Bertz CT molecular complexity index is 532. The Hall–Kier alpha value is -2.16. The van der Waals surface area contributed by atoms with Crippen LogP contribution in [0.5, 0.6) is 11.5 Å². The molecule has 0 aliphatic carbocycles. The van der Waals surface area contributed by atoms with E-state index < -0.39 is 5.82 Å². The molecule has 0 spiro atoms. The van der Waals surface area contributed by atoms with E-state index in [9.17, 15) is 9.18 Å². The molecule has 0 radical (unpaired) electrons. The monoisotopic (exact) mass is 230 g/mol. The maximum atomic E-state index is 13.3. The van der Waals surface area contributed by atoms with Gasteiger partial charge < -0.3 is 4.74 Å². The summed E-state index contributed by atoms with van der Waals surface area (Å²) in [5.74, 6) is 0.220. The van der Waals surface area contributed by atoms with E-state index in [4.69, 9.17) is 4.74 Å². The molecular weight excluding hydrogens is 219 g/mol. The molecule has 2 rings (SSSR count). The fourth-order valence-electron chi connectivity index (χ4n) is 1.45. The van der Waals surface area contributed by atoms with Crippen molar-refractivity contribution in [1.29, 1.82) is 0 Å². The molecule has 3 heteroatoms. The molecule has 0 saturated heterocycles. The van der Waals surface area contributed by atoms with Gasteiger partial charge in [-0.2, -0.15) is 0 Å². The second-order valence-corrected chi connectivity index (χ2v) is 3.68. The van der Waals surface area contributed by atoms with Gasteiger partial charge in [-0.3, -0.25) is 4.79 Å². The van der Waals surface area contributed by atoms with Crippen molar-refractivity contribution >= 4 is 6.29 Å². The van der Waals surface area contributed by atoms with Crippen LogP contribution in [0.1, 0.15) is 15.9 Å². The molecule has 0 aliphatic heterocycles. The third kappa shape index (κ3) is 2.50. The molecule has 2 aromatic rings. The van der Waals surface area contributed by atoms with Gasteiger partial charge in [0.2, 0.25) is 0 Å². The Kier molecular flexibility index (Phi) is 3.19. The predicted octanol–water partition coefficient (Wildman–Crippen LogP) is 3.74. The third-order valence-electron chi connectivity index (χ3n) is 2.38. The minimum Gasteiger partial charge on any atom is -0.457 e. The van der Waals surface area contributed by atoms with Crippen molar-refractivity contribution in [3.63, 3.8) is 0 Å². The Morgan fingerprint density at radius 3 is 2.47 bits per heavy atom. The fourth-order valence-corrected chi connectivity index (χ4v) is 1.45. The molecule has 0 fully saturated rings. The van der Waals surface area contributed by atoms with E-state index >= 15 is 0 Å². The van der Waals surface area contributed by atoms with Crippen molar-refractivity contribution in [2.45, 2.75) is 6.92 Å². The van der Waals surface area contributed by atoms with Crippen molar-refractivity contribution in [2.24, 2.45) is 0 Å². The van der Waals surface area contributed by atoms with Crippen LogP contribution in [-0.2, 0) is 0 Å². The minimum absolute atomic E-state index is 0.0620. The quantitative estimate of drug-likeness (QED) is 0.751. The zero-order valence-electron chi connectivity index (χ0n) is 9.31. The van der Waals surface area contributed by atoms with E-state index in [1.165, 1.54) is 12.1 Å². The standard InChI is InChI=1S/C14H11FO2/c1-10-5-7-11(8-6-10)17-14-4-2-3-13(15)12(14)9-16/h2-9H,1H3. The molecule has 2 nitrogen and oxygen atoms in total. The van der Waals surface area contributed by atoms with Crippen molar-refractivity contribution in [1.82, 2.24) is 0 Å². The first-order valence-electron chi connectivity index (χ1n) is 5.19. The Balaban J connectivity index is 2.33. The number of hydrogen-bond donors (Lipinski definition) is 0. The molecule has 0 atom stereocenters. The van der Waals surface area contributed by atoms with Gasteiger partial charge in [-0.1, -0.05) is 23.8 Å². The maximum Gasteiger partial charge on any atom is 0.156 e. The summed E-state index contributed by atoms with van der Waals surface area (Å²) < 4.78 is 18.8. The van der Waals surface area contributed by atoms with Crippen LogP contribution in [0, 0.1) is 12.7 Å². The van der Waals surface area contributed by atoms with Crippen molar-refractivity contribution < 1.29 is 13.9 Å². The molecule has 17 heavy (non-hydrogen) atoms. The number of carbonyl (C=O) groups excluding carboxylic acids is 1. The summed E-state index contributed by atoms with van der Waals surface area (Å²) >= 11 is 0. The van der Waals surface area contributed by atoms with Crippen molar-refractivity contribution in [3.05, 3.63) is 59.4 Å². The lowest BCUT2D eigenvalue weighted by Gasteiger charge is -2.08. The van der Waals surface area contributed by atoms with Gasteiger partial charge in [0, 0.05) is 0 Å². The zero-order valence-corrected chi connectivity index (χ0v) is 9.31. The predicted molar refractivity (Wildman–Crippen MR) is 63.0 cm³/mol. The van der Waals surface area contributed by atoms with Gasteiger partial charge in [-0.15, -0.1) is 0 Å². The molecular formula is C14H11FO2. The van der Waals surface area contributed by atoms with E-state index in [0.717, 1.165) is 5.56 Å². The molecule has 0 aromatic heterocycles. The highest BCUT2D eigenvalue weighted by Crippen LogP contribution is 2.26. The SMILES string of the molecule is Cc1ccc(Oc2cccc(F)c2C=O)cc1. The molecule has 2 aromatic carbocycles. The number of benzene rings is 2. The number of rotatable bonds is 3. The maximum absolute atomic E-state index is 13.3. The first kappa shape index (κ1) is 11.3. The largest absolute Gasteiger partial charge is 0.457 e.